The summed E-state index contributed by atoms with van der Waals surface area (Å²) >= 11 is 1.90. The summed E-state index contributed by atoms with van der Waals surface area (Å²) < 4.78 is 5.07. The number of anilines is 3. The Morgan fingerprint density at radius 2 is 0.964 bits per heavy atom. The Morgan fingerprint density at radius 3 is 1.78 bits per heavy atom. The molecule has 0 spiro atoms. The van der Waals surface area contributed by atoms with E-state index in [0.29, 0.717) is 0 Å². The maximum atomic E-state index is 2.49. The molecule has 3 heteroatoms. The Morgan fingerprint density at radius 1 is 0.364 bits per heavy atom. The van der Waals surface area contributed by atoms with Gasteiger partial charge in [-0.1, -0.05) is 146 Å². The van der Waals surface area contributed by atoms with Gasteiger partial charge in [0.25, 0.3) is 0 Å². The maximum Gasteiger partial charge on any atom is 0.0619 e. The molecule has 55 heavy (non-hydrogen) atoms. The van der Waals surface area contributed by atoms with E-state index in [0.717, 1.165) is 22.7 Å². The minimum atomic E-state index is 1.12. The molecule has 0 saturated carbocycles. The summed E-state index contributed by atoms with van der Waals surface area (Å²) in [7, 11) is 0. The fourth-order valence-corrected chi connectivity index (χ4v) is 10.3. The zero-order valence-electron chi connectivity index (χ0n) is 29.8. The highest BCUT2D eigenvalue weighted by molar-refractivity contribution is 7.26. The van der Waals surface area contributed by atoms with Crippen molar-refractivity contribution in [3.63, 3.8) is 0 Å². The average Bonchev–Trinajstić information content (AvgIpc) is 3.80. The molecule has 12 aromatic rings. The minimum absolute atomic E-state index is 1.12. The summed E-state index contributed by atoms with van der Waals surface area (Å²) in [6.07, 6.45) is 0. The normalized spacial score (nSPS) is 12.0. The van der Waals surface area contributed by atoms with Gasteiger partial charge < -0.3 is 9.47 Å². The lowest BCUT2D eigenvalue weighted by Gasteiger charge is -2.28. The number of thiophene rings is 1. The monoisotopic (exact) mass is 716 g/mol. The number of rotatable bonds is 4. The van der Waals surface area contributed by atoms with Gasteiger partial charge in [0, 0.05) is 58.8 Å². The number of aromatic nitrogens is 1. The number of para-hydroxylation sites is 1. The van der Waals surface area contributed by atoms with E-state index in [9.17, 15) is 0 Å². The molecule has 2 heterocycles. The van der Waals surface area contributed by atoms with Crippen LogP contribution in [0.4, 0.5) is 17.1 Å². The number of hydrogen-bond acceptors (Lipinski definition) is 2. The number of hydrogen-bond donors (Lipinski definition) is 0. The average molecular weight is 717 g/mol. The fourth-order valence-electron chi connectivity index (χ4n) is 9.03. The lowest BCUT2D eigenvalue weighted by atomic mass is 9.98. The zero-order chi connectivity index (χ0) is 36.0. The summed E-state index contributed by atoms with van der Waals surface area (Å²) in [5.74, 6) is 0. The first-order valence-corrected chi connectivity index (χ1v) is 19.7. The van der Waals surface area contributed by atoms with Crippen molar-refractivity contribution in [3.8, 4) is 5.69 Å². The van der Waals surface area contributed by atoms with Crippen LogP contribution < -0.4 is 4.90 Å². The first kappa shape index (κ1) is 30.5. The lowest BCUT2D eigenvalue weighted by Crippen LogP contribution is -2.10. The number of benzene rings is 10. The van der Waals surface area contributed by atoms with E-state index in [-0.39, 0.29) is 0 Å². The molecule has 0 radical (unpaired) electrons. The highest BCUT2D eigenvalue weighted by Gasteiger charge is 2.22. The Bertz CT molecular complexity index is 3500. The van der Waals surface area contributed by atoms with Crippen LogP contribution in [0.3, 0.4) is 0 Å². The first-order chi connectivity index (χ1) is 27.3. The van der Waals surface area contributed by atoms with Crippen LogP contribution in [0.1, 0.15) is 0 Å². The van der Waals surface area contributed by atoms with Crippen LogP contribution in [0.2, 0.25) is 0 Å². The molecular weight excluding hydrogens is 685 g/mol. The molecule has 0 fully saturated rings. The van der Waals surface area contributed by atoms with Gasteiger partial charge in [-0.05, 0) is 80.8 Å². The van der Waals surface area contributed by atoms with Gasteiger partial charge in [0.05, 0.1) is 16.7 Å². The van der Waals surface area contributed by atoms with Crippen molar-refractivity contribution in [2.75, 3.05) is 4.90 Å². The third kappa shape index (κ3) is 4.54. The van der Waals surface area contributed by atoms with Crippen molar-refractivity contribution in [3.05, 3.63) is 194 Å². The van der Waals surface area contributed by atoms with E-state index in [4.69, 9.17) is 0 Å². The molecule has 2 aromatic heterocycles. The Hall–Kier alpha value is -6.94. The second-order valence-corrected chi connectivity index (χ2v) is 15.6. The van der Waals surface area contributed by atoms with E-state index < -0.39 is 0 Å². The molecule has 0 atom stereocenters. The maximum absolute atomic E-state index is 2.49. The zero-order valence-corrected chi connectivity index (χ0v) is 30.6. The molecule has 2 nitrogen and oxygen atoms in total. The SMILES string of the molecule is c1ccc(-n2c3ccc(N(c4ccc5c(c4)sc4c6ccccc6ccc54)c4cc5ccccc5c5ccccc45)cc3c3ccc4ccccc4c32)cc1. The topological polar surface area (TPSA) is 8.17 Å². The molecule has 0 unspecified atom stereocenters. The van der Waals surface area contributed by atoms with E-state index in [1.807, 2.05) is 11.3 Å². The predicted molar refractivity (Wildman–Crippen MR) is 238 cm³/mol. The van der Waals surface area contributed by atoms with Crippen molar-refractivity contribution in [1.29, 1.82) is 0 Å². The van der Waals surface area contributed by atoms with Gasteiger partial charge in [-0.15, -0.1) is 11.3 Å². The van der Waals surface area contributed by atoms with E-state index in [1.54, 1.807) is 0 Å². The highest BCUT2D eigenvalue weighted by atomic mass is 32.1. The van der Waals surface area contributed by atoms with Crippen molar-refractivity contribution in [2.45, 2.75) is 0 Å². The summed E-state index contributed by atoms with van der Waals surface area (Å²) in [5, 5.41) is 15.1. The molecule has 0 aliphatic carbocycles. The summed E-state index contributed by atoms with van der Waals surface area (Å²) in [5.41, 5.74) is 7.01. The summed E-state index contributed by atoms with van der Waals surface area (Å²) in [6.45, 7) is 0. The molecule has 0 amide bonds. The van der Waals surface area contributed by atoms with Crippen molar-refractivity contribution in [1.82, 2.24) is 4.57 Å². The Kier molecular flexibility index (Phi) is 6.54. The first-order valence-electron chi connectivity index (χ1n) is 18.8. The van der Waals surface area contributed by atoms with Gasteiger partial charge in [0.15, 0.2) is 0 Å². The smallest absolute Gasteiger partial charge is 0.0619 e. The molecule has 0 saturated heterocycles. The summed E-state index contributed by atoms with van der Waals surface area (Å²) in [4.78, 5) is 2.49. The van der Waals surface area contributed by atoms with Crippen LogP contribution in [0.5, 0.6) is 0 Å². The molecule has 0 aliphatic rings. The Balaban J connectivity index is 1.17. The van der Waals surface area contributed by atoms with Gasteiger partial charge in [-0.2, -0.15) is 0 Å². The van der Waals surface area contributed by atoms with Crippen LogP contribution in [0, 0.1) is 0 Å². The molecule has 0 N–H and O–H groups in total. The molecule has 10 aromatic carbocycles. The largest absolute Gasteiger partial charge is 0.310 e. The fraction of sp³-hybridized carbons (Fsp3) is 0. The number of fused-ring (bicyclic) bond motifs is 13. The van der Waals surface area contributed by atoms with E-state index >= 15 is 0 Å². The van der Waals surface area contributed by atoms with Gasteiger partial charge in [0.1, 0.15) is 0 Å². The quantitative estimate of drug-likeness (QED) is 0.165. The number of nitrogens with zero attached hydrogens (tertiary/aromatic N) is 2. The third-order valence-corrected chi connectivity index (χ3v) is 12.7. The second-order valence-electron chi connectivity index (χ2n) is 14.5. The molecular formula is C52H32N2S. The van der Waals surface area contributed by atoms with Gasteiger partial charge in [-0.3, -0.25) is 0 Å². The predicted octanol–water partition coefficient (Wildman–Crippen LogP) is 15.2. The van der Waals surface area contributed by atoms with Crippen LogP contribution in [-0.4, -0.2) is 4.57 Å². The molecule has 0 bridgehead atoms. The van der Waals surface area contributed by atoms with Gasteiger partial charge in [-0.25, -0.2) is 0 Å². The Labute approximate surface area is 321 Å². The van der Waals surface area contributed by atoms with Crippen molar-refractivity contribution >= 4 is 113 Å². The second kappa shape index (κ2) is 11.8. The molecule has 256 valence electrons. The molecule has 12 rings (SSSR count). The lowest BCUT2D eigenvalue weighted by molar-refractivity contribution is 1.18. The van der Waals surface area contributed by atoms with Crippen LogP contribution >= 0.6 is 11.3 Å². The minimum Gasteiger partial charge on any atom is -0.310 e. The van der Waals surface area contributed by atoms with Gasteiger partial charge >= 0.3 is 0 Å². The van der Waals surface area contributed by atoms with Crippen molar-refractivity contribution < 1.29 is 0 Å². The van der Waals surface area contributed by atoms with Crippen LogP contribution in [0.15, 0.2) is 194 Å². The summed E-state index contributed by atoms with van der Waals surface area (Å²) in [6, 6.07) is 71.6. The standard InChI is InChI=1S/C52H32N2S/c1-2-15-36(16-3-1)54-48-29-25-37(31-47(48)45-26-22-33-12-4-8-18-40(33)51(45)54)53(49-30-35-14-6-7-17-39(35)42-20-10-11-21-43(42)49)38-24-28-44-46-27-23-34-13-5-9-19-41(34)52(46)55-50(44)32-38/h1-32H. The molecule has 0 aliphatic heterocycles. The van der Waals surface area contributed by atoms with Gasteiger partial charge in [0.2, 0.25) is 0 Å². The highest BCUT2D eigenvalue weighted by Crippen LogP contribution is 2.47. The van der Waals surface area contributed by atoms with Crippen molar-refractivity contribution in [2.24, 2.45) is 0 Å². The van der Waals surface area contributed by atoms with E-state index in [1.165, 1.54) is 85.1 Å². The third-order valence-electron chi connectivity index (χ3n) is 11.5. The van der Waals surface area contributed by atoms with E-state index in [2.05, 4.69) is 204 Å². The van der Waals surface area contributed by atoms with Crippen LogP contribution in [-0.2, 0) is 0 Å². The van der Waals surface area contributed by atoms with Crippen LogP contribution in [0.25, 0.3) is 90.8 Å².